The molecule has 0 aromatic heterocycles. The highest BCUT2D eigenvalue weighted by molar-refractivity contribution is 5.66. The Morgan fingerprint density at radius 3 is 2.16 bits per heavy atom. The molecule has 2 bridgehead atoms. The minimum Gasteiger partial charge on any atom is -0.462 e. The Bertz CT molecular complexity index is 990. The first kappa shape index (κ1) is 26.6. The van der Waals surface area contributed by atoms with Crippen LogP contribution in [-0.2, 0) is 14.3 Å². The van der Waals surface area contributed by atoms with Gasteiger partial charge in [-0.05, 0) is 91.3 Å². The third-order valence-corrected chi connectivity index (χ3v) is 14.4. The van der Waals surface area contributed by atoms with Gasteiger partial charge < -0.3 is 19.7 Å². The molecule has 0 unspecified atom stereocenters. The summed E-state index contributed by atoms with van der Waals surface area (Å²) >= 11 is 0. The van der Waals surface area contributed by atoms with Crippen LogP contribution in [0, 0.1) is 50.2 Å². The maximum Gasteiger partial charge on any atom is 0.302 e. The fourth-order valence-corrected chi connectivity index (χ4v) is 12.5. The Hall–Kier alpha value is -0.650. The SMILES string of the molecule is CC(=O)O[C@H]1CC(C)(C)C[C@@H]2[C@]13CO[C@@]21CC[C@@H]2[C@@]4(C)CC[C@H](O)C(C)(C)[C@@H]4CC[C@@]2(C)[C@]1(C)C[C@H]3O. The van der Waals surface area contributed by atoms with Crippen LogP contribution in [0.25, 0.3) is 0 Å². The van der Waals surface area contributed by atoms with Crippen molar-refractivity contribution in [1.82, 2.24) is 0 Å². The number of fused-ring (bicyclic) bond motifs is 4. The second-order valence-corrected chi connectivity index (χ2v) is 16.5. The monoisotopic (exact) mass is 516 g/mol. The van der Waals surface area contributed by atoms with Crippen molar-refractivity contribution in [2.24, 2.45) is 50.2 Å². The molecular formula is C32H52O5. The van der Waals surface area contributed by atoms with E-state index in [0.29, 0.717) is 18.4 Å². The lowest BCUT2D eigenvalue weighted by atomic mass is 9.30. The highest BCUT2D eigenvalue weighted by Crippen LogP contribution is 2.80. The van der Waals surface area contributed by atoms with Gasteiger partial charge in [-0.25, -0.2) is 0 Å². The quantitative estimate of drug-likeness (QED) is 0.425. The van der Waals surface area contributed by atoms with Crippen LogP contribution in [0.5, 0.6) is 0 Å². The Balaban J connectivity index is 1.45. The van der Waals surface area contributed by atoms with Crippen LogP contribution in [0.2, 0.25) is 0 Å². The second kappa shape index (κ2) is 7.55. The number of hydrogen-bond acceptors (Lipinski definition) is 5. The van der Waals surface area contributed by atoms with Crippen molar-refractivity contribution in [3.05, 3.63) is 0 Å². The van der Waals surface area contributed by atoms with Crippen molar-refractivity contribution in [1.29, 1.82) is 0 Å². The molecule has 1 spiro atoms. The topological polar surface area (TPSA) is 76.0 Å². The van der Waals surface area contributed by atoms with Gasteiger partial charge in [-0.1, -0.05) is 48.5 Å². The summed E-state index contributed by atoms with van der Waals surface area (Å²) in [6, 6.07) is 0. The molecule has 0 radical (unpaired) electrons. The largest absolute Gasteiger partial charge is 0.462 e. The van der Waals surface area contributed by atoms with E-state index in [0.717, 1.165) is 57.8 Å². The summed E-state index contributed by atoms with van der Waals surface area (Å²) in [6.07, 6.45) is 7.86. The van der Waals surface area contributed by atoms with Gasteiger partial charge in [-0.15, -0.1) is 0 Å². The van der Waals surface area contributed by atoms with Gasteiger partial charge in [-0.3, -0.25) is 4.79 Å². The van der Waals surface area contributed by atoms with Crippen LogP contribution in [0.4, 0.5) is 0 Å². The van der Waals surface area contributed by atoms with Gasteiger partial charge in [0, 0.05) is 18.3 Å². The summed E-state index contributed by atoms with van der Waals surface area (Å²) in [5, 5.41) is 23.1. The second-order valence-electron chi connectivity index (χ2n) is 16.5. The average molecular weight is 517 g/mol. The van der Waals surface area contributed by atoms with Crippen LogP contribution in [0.1, 0.15) is 113 Å². The van der Waals surface area contributed by atoms with Crippen molar-refractivity contribution in [2.75, 3.05) is 6.61 Å². The van der Waals surface area contributed by atoms with Crippen molar-refractivity contribution >= 4 is 5.97 Å². The highest BCUT2D eigenvalue weighted by Gasteiger charge is 2.81. The van der Waals surface area contributed by atoms with E-state index in [9.17, 15) is 15.0 Å². The first-order chi connectivity index (χ1) is 17.0. The van der Waals surface area contributed by atoms with Crippen LogP contribution in [0.3, 0.4) is 0 Å². The summed E-state index contributed by atoms with van der Waals surface area (Å²) < 4.78 is 13.2. The molecule has 1 heterocycles. The first-order valence-electron chi connectivity index (χ1n) is 15.2. The molecule has 0 aromatic carbocycles. The Morgan fingerprint density at radius 1 is 0.811 bits per heavy atom. The number of carbonyl (C=O) groups is 1. The Morgan fingerprint density at radius 2 is 1.49 bits per heavy atom. The Labute approximate surface area is 224 Å². The lowest BCUT2D eigenvalue weighted by Gasteiger charge is -2.75. The van der Waals surface area contributed by atoms with E-state index in [1.807, 2.05) is 0 Å². The maximum absolute atomic E-state index is 12.2. The molecule has 0 amide bonds. The van der Waals surface area contributed by atoms with Crippen LogP contribution in [0.15, 0.2) is 0 Å². The lowest BCUT2D eigenvalue weighted by Crippen LogP contribution is -2.75. The lowest BCUT2D eigenvalue weighted by molar-refractivity contribution is -0.304. The van der Waals surface area contributed by atoms with Gasteiger partial charge in [0.05, 0.1) is 29.8 Å². The molecule has 2 N–H and O–H groups in total. The van der Waals surface area contributed by atoms with Gasteiger partial charge in [0.25, 0.3) is 0 Å². The van der Waals surface area contributed by atoms with Crippen molar-refractivity contribution in [2.45, 2.75) is 137 Å². The fourth-order valence-electron chi connectivity index (χ4n) is 12.5. The van der Waals surface area contributed by atoms with Crippen LogP contribution >= 0.6 is 0 Å². The molecule has 11 atom stereocenters. The normalized spacial score (nSPS) is 57.4. The molecule has 5 nitrogen and oxygen atoms in total. The molecule has 1 aliphatic heterocycles. The summed E-state index contributed by atoms with van der Waals surface area (Å²) in [7, 11) is 0. The third-order valence-electron chi connectivity index (χ3n) is 14.4. The highest BCUT2D eigenvalue weighted by atomic mass is 16.6. The van der Waals surface area contributed by atoms with E-state index in [4.69, 9.17) is 9.47 Å². The smallest absolute Gasteiger partial charge is 0.302 e. The molecule has 210 valence electrons. The summed E-state index contributed by atoms with van der Waals surface area (Å²) in [5.74, 6) is 1.00. The molecule has 0 aromatic rings. The molecule has 6 aliphatic rings. The zero-order valence-corrected chi connectivity index (χ0v) is 24.7. The van der Waals surface area contributed by atoms with E-state index in [2.05, 4.69) is 48.5 Å². The summed E-state index contributed by atoms with van der Waals surface area (Å²) in [4.78, 5) is 12.2. The van der Waals surface area contributed by atoms with Gasteiger partial charge in [-0.2, -0.15) is 0 Å². The molecule has 5 saturated carbocycles. The average Bonchev–Trinajstić information content (AvgIpc) is 3.04. The molecule has 5 aliphatic carbocycles. The minimum absolute atomic E-state index is 0.0257. The van der Waals surface area contributed by atoms with E-state index in [1.165, 1.54) is 6.92 Å². The summed E-state index contributed by atoms with van der Waals surface area (Å²) in [5.41, 5.74) is -0.759. The van der Waals surface area contributed by atoms with Crippen molar-refractivity contribution in [3.63, 3.8) is 0 Å². The Kier molecular flexibility index (Phi) is 5.42. The number of aliphatic hydroxyl groups is 2. The van der Waals surface area contributed by atoms with E-state index in [-0.39, 0.29) is 56.8 Å². The molecule has 6 rings (SSSR count). The van der Waals surface area contributed by atoms with Gasteiger partial charge in [0.2, 0.25) is 0 Å². The molecule has 5 heteroatoms. The minimum atomic E-state index is -0.538. The van der Waals surface area contributed by atoms with Crippen LogP contribution < -0.4 is 0 Å². The van der Waals surface area contributed by atoms with Gasteiger partial charge in [0.15, 0.2) is 0 Å². The predicted molar refractivity (Wildman–Crippen MR) is 143 cm³/mol. The van der Waals surface area contributed by atoms with E-state index < -0.39 is 11.5 Å². The van der Waals surface area contributed by atoms with Crippen molar-refractivity contribution < 1.29 is 24.5 Å². The van der Waals surface area contributed by atoms with Crippen molar-refractivity contribution in [3.8, 4) is 0 Å². The number of rotatable bonds is 1. The number of esters is 1. The standard InChI is InChI=1S/C32H52O5/c1-19(33)37-25-17-26(2,3)15-22-31(25)18-36-32(22)14-10-21-28(6)12-11-23(34)27(4,5)20(28)9-13-29(21,7)30(32,8)16-24(31)35/h20-25,34-35H,9-18H2,1-8H3/t20-,21+,22+,23-,24+,25-,28-,29+,30-,31-,32-/m0/s1. The molecule has 37 heavy (non-hydrogen) atoms. The summed E-state index contributed by atoms with van der Waals surface area (Å²) in [6.45, 7) is 18.8. The zero-order valence-electron chi connectivity index (χ0n) is 24.7. The molecule has 6 fully saturated rings. The predicted octanol–water partition coefficient (Wildman–Crippen LogP) is 5.89. The van der Waals surface area contributed by atoms with Crippen LogP contribution in [-0.4, -0.2) is 46.7 Å². The van der Waals surface area contributed by atoms with E-state index in [1.54, 1.807) is 0 Å². The van der Waals surface area contributed by atoms with Gasteiger partial charge in [0.1, 0.15) is 6.10 Å². The number of hydrogen-bond donors (Lipinski definition) is 2. The number of carbonyl (C=O) groups excluding carboxylic acids is 1. The molecular weight excluding hydrogens is 464 g/mol. The third kappa shape index (κ3) is 2.95. The number of ether oxygens (including phenoxy) is 2. The maximum atomic E-state index is 12.2. The number of aliphatic hydroxyl groups excluding tert-OH is 2. The zero-order chi connectivity index (χ0) is 27.0. The van der Waals surface area contributed by atoms with Gasteiger partial charge >= 0.3 is 5.97 Å². The first-order valence-corrected chi connectivity index (χ1v) is 15.2. The fraction of sp³-hybridized carbons (Fsp3) is 0.969. The van der Waals surface area contributed by atoms with E-state index >= 15 is 0 Å². The molecule has 1 saturated heterocycles.